The zero-order chi connectivity index (χ0) is 28.1. The lowest BCUT2D eigenvalue weighted by Gasteiger charge is -2.39. The standard InChI is InChI=1S/C31H31N7O2S/c1-19-14-25(26(40-3)18-32-19)24-15-23(38-13-12-37(2)31(10-11-31)29(38)39)9-7-21(24)16-34-30-36-27-28(41-30)35-22(17-33-27)8-6-20-4-5-20/h7,9,14-15,17-18,20H,4-5,10-13,16H2,1-3H3,(H,33,34,36). The van der Waals surface area contributed by atoms with Gasteiger partial charge < -0.3 is 15.0 Å². The molecule has 9 nitrogen and oxygen atoms in total. The number of nitrogens with zero attached hydrogens (tertiary/aromatic N) is 6. The Bertz CT molecular complexity index is 1730. The summed E-state index contributed by atoms with van der Waals surface area (Å²) in [4.78, 5) is 36.7. The first kappa shape index (κ1) is 25.9. The Morgan fingerprint density at radius 2 is 1.98 bits per heavy atom. The molecule has 0 bridgehead atoms. The minimum absolute atomic E-state index is 0.191. The van der Waals surface area contributed by atoms with E-state index in [1.165, 1.54) is 24.2 Å². The van der Waals surface area contributed by atoms with E-state index in [1.54, 1.807) is 19.5 Å². The third kappa shape index (κ3) is 4.89. The number of piperazine rings is 1. The number of methoxy groups -OCH3 is 1. The van der Waals surface area contributed by atoms with Crippen LogP contribution in [0.15, 0.2) is 36.7 Å². The van der Waals surface area contributed by atoms with Crippen molar-refractivity contribution < 1.29 is 9.53 Å². The molecule has 3 fully saturated rings. The van der Waals surface area contributed by atoms with Gasteiger partial charge >= 0.3 is 0 Å². The van der Waals surface area contributed by atoms with Crippen molar-refractivity contribution in [2.24, 2.45) is 5.92 Å². The van der Waals surface area contributed by atoms with Crippen LogP contribution in [-0.4, -0.2) is 63.5 Å². The van der Waals surface area contributed by atoms with Crippen LogP contribution < -0.4 is 15.0 Å². The van der Waals surface area contributed by atoms with Crippen LogP contribution in [0, 0.1) is 24.7 Å². The lowest BCUT2D eigenvalue weighted by Crippen LogP contribution is -2.57. The SMILES string of the molecule is COc1cnc(C)cc1-c1cc(N2CCN(C)C3(CC3)C2=O)ccc1CNc1nc2ncc(C#CC3CC3)nc2s1. The largest absolute Gasteiger partial charge is 0.494 e. The second kappa shape index (κ2) is 10.1. The van der Waals surface area contributed by atoms with Crippen molar-refractivity contribution in [2.45, 2.75) is 44.7 Å². The van der Waals surface area contributed by atoms with Gasteiger partial charge in [0.05, 0.1) is 19.5 Å². The van der Waals surface area contributed by atoms with Crippen LogP contribution in [0.1, 0.15) is 42.6 Å². The van der Waals surface area contributed by atoms with Crippen molar-refractivity contribution >= 4 is 38.5 Å². The molecule has 3 aliphatic rings. The maximum Gasteiger partial charge on any atom is 0.247 e. The molecule has 208 valence electrons. The average molecular weight is 566 g/mol. The number of benzene rings is 1. The van der Waals surface area contributed by atoms with Crippen molar-refractivity contribution in [3.8, 4) is 28.7 Å². The number of ether oxygens (including phenoxy) is 1. The van der Waals surface area contributed by atoms with Crippen LogP contribution in [-0.2, 0) is 11.3 Å². The predicted molar refractivity (Wildman–Crippen MR) is 160 cm³/mol. The van der Waals surface area contributed by atoms with E-state index in [-0.39, 0.29) is 11.4 Å². The molecule has 1 amide bonds. The summed E-state index contributed by atoms with van der Waals surface area (Å²) in [7, 11) is 3.71. The Labute approximate surface area is 243 Å². The van der Waals surface area contributed by atoms with Gasteiger partial charge in [-0.25, -0.2) is 9.97 Å². The van der Waals surface area contributed by atoms with Gasteiger partial charge in [-0.05, 0) is 74.9 Å². The number of rotatable bonds is 6. The quantitative estimate of drug-likeness (QED) is 0.338. The van der Waals surface area contributed by atoms with Crippen LogP contribution in [0.3, 0.4) is 0 Å². The number of carbonyl (C=O) groups excluding carboxylic acids is 1. The number of hydrogen-bond donors (Lipinski definition) is 1. The molecule has 1 aliphatic heterocycles. The first-order chi connectivity index (χ1) is 19.9. The fourth-order valence-corrected chi connectivity index (χ4v) is 6.22. The highest BCUT2D eigenvalue weighted by molar-refractivity contribution is 7.21. The van der Waals surface area contributed by atoms with Crippen molar-refractivity contribution in [2.75, 3.05) is 37.5 Å². The second-order valence-corrected chi connectivity index (χ2v) is 12.1. The number of amides is 1. The minimum Gasteiger partial charge on any atom is -0.494 e. The number of carbonyl (C=O) groups is 1. The number of nitrogens with one attached hydrogen (secondary N) is 1. The number of pyridine rings is 1. The van der Waals surface area contributed by atoms with Gasteiger partial charge in [-0.2, -0.15) is 4.98 Å². The van der Waals surface area contributed by atoms with Gasteiger partial charge in [-0.15, -0.1) is 0 Å². The highest BCUT2D eigenvalue weighted by atomic mass is 32.1. The molecule has 41 heavy (non-hydrogen) atoms. The Morgan fingerprint density at radius 3 is 2.76 bits per heavy atom. The molecule has 0 unspecified atom stereocenters. The summed E-state index contributed by atoms with van der Waals surface area (Å²) in [6.45, 7) is 4.01. The third-order valence-corrected chi connectivity index (χ3v) is 9.11. The van der Waals surface area contributed by atoms with Crippen molar-refractivity contribution in [1.29, 1.82) is 0 Å². The molecule has 1 aromatic carbocycles. The summed E-state index contributed by atoms with van der Waals surface area (Å²) in [5.41, 5.74) is 5.73. The maximum atomic E-state index is 13.5. The number of likely N-dealkylation sites (N-methyl/N-ethyl adjacent to an activating group) is 1. The van der Waals surface area contributed by atoms with Gasteiger partial charge in [0.25, 0.3) is 0 Å². The Kier molecular flexibility index (Phi) is 6.36. The molecule has 3 aromatic heterocycles. The zero-order valence-electron chi connectivity index (χ0n) is 23.4. The molecular weight excluding hydrogens is 534 g/mol. The van der Waals surface area contributed by atoms with Gasteiger partial charge in [-0.3, -0.25) is 14.7 Å². The number of fused-ring (bicyclic) bond motifs is 1. The fourth-order valence-electron chi connectivity index (χ4n) is 5.43. The first-order valence-electron chi connectivity index (χ1n) is 14.0. The number of anilines is 2. The van der Waals surface area contributed by atoms with Gasteiger partial charge in [-0.1, -0.05) is 23.3 Å². The molecule has 7 rings (SSSR count). The normalized spacial score (nSPS) is 17.9. The van der Waals surface area contributed by atoms with Gasteiger partial charge in [0.1, 0.15) is 17.0 Å². The van der Waals surface area contributed by atoms with E-state index in [9.17, 15) is 4.79 Å². The van der Waals surface area contributed by atoms with Crippen LogP contribution in [0.5, 0.6) is 5.75 Å². The Balaban J connectivity index is 1.20. The van der Waals surface area contributed by atoms with Gasteiger partial charge in [0.2, 0.25) is 5.91 Å². The van der Waals surface area contributed by atoms with Crippen molar-refractivity contribution in [3.05, 3.63) is 53.6 Å². The molecule has 0 atom stereocenters. The minimum atomic E-state index is -0.331. The van der Waals surface area contributed by atoms with Crippen LogP contribution in [0.2, 0.25) is 0 Å². The van der Waals surface area contributed by atoms with E-state index in [1.807, 2.05) is 24.0 Å². The predicted octanol–water partition coefficient (Wildman–Crippen LogP) is 4.65. The lowest BCUT2D eigenvalue weighted by atomic mass is 9.97. The smallest absolute Gasteiger partial charge is 0.247 e. The van der Waals surface area contributed by atoms with Crippen molar-refractivity contribution in [3.63, 3.8) is 0 Å². The third-order valence-electron chi connectivity index (χ3n) is 8.21. The molecular formula is C31H31N7O2S. The van der Waals surface area contributed by atoms with Crippen LogP contribution in [0.4, 0.5) is 10.8 Å². The van der Waals surface area contributed by atoms with E-state index >= 15 is 0 Å². The summed E-state index contributed by atoms with van der Waals surface area (Å²) in [5.74, 6) is 7.77. The number of aryl methyl sites for hydroxylation is 1. The average Bonchev–Trinajstić information content (AvgIpc) is 3.92. The second-order valence-electron chi connectivity index (χ2n) is 11.1. The summed E-state index contributed by atoms with van der Waals surface area (Å²) in [5, 5.41) is 4.22. The topological polar surface area (TPSA) is 96.4 Å². The molecule has 4 aromatic rings. The molecule has 1 N–H and O–H groups in total. The molecule has 4 heterocycles. The van der Waals surface area contributed by atoms with Crippen LogP contribution >= 0.6 is 11.3 Å². The number of thiazole rings is 1. The van der Waals surface area contributed by atoms with E-state index in [2.05, 4.69) is 61.2 Å². The molecule has 10 heteroatoms. The highest BCUT2D eigenvalue weighted by Crippen LogP contribution is 2.46. The van der Waals surface area contributed by atoms with E-state index in [0.717, 1.165) is 57.4 Å². The fraction of sp³-hybridized carbons (Fsp3) is 0.387. The number of hydrogen-bond acceptors (Lipinski definition) is 9. The van der Waals surface area contributed by atoms with Gasteiger partial charge in [0, 0.05) is 42.5 Å². The van der Waals surface area contributed by atoms with E-state index in [0.29, 0.717) is 36.1 Å². The summed E-state index contributed by atoms with van der Waals surface area (Å²) < 4.78 is 5.72. The Hall–Kier alpha value is -4.07. The van der Waals surface area contributed by atoms with Gasteiger partial charge in [0.15, 0.2) is 15.6 Å². The summed E-state index contributed by atoms with van der Waals surface area (Å²) in [6, 6.07) is 8.28. The first-order valence-corrected chi connectivity index (χ1v) is 14.8. The summed E-state index contributed by atoms with van der Waals surface area (Å²) >= 11 is 1.47. The molecule has 2 aliphatic carbocycles. The van der Waals surface area contributed by atoms with Crippen molar-refractivity contribution in [1.82, 2.24) is 24.8 Å². The van der Waals surface area contributed by atoms with E-state index in [4.69, 9.17) is 4.74 Å². The molecule has 1 saturated heterocycles. The zero-order valence-corrected chi connectivity index (χ0v) is 24.2. The summed E-state index contributed by atoms with van der Waals surface area (Å²) in [6.07, 6.45) is 7.65. The van der Waals surface area contributed by atoms with E-state index < -0.39 is 0 Å². The Morgan fingerprint density at radius 1 is 1.12 bits per heavy atom. The lowest BCUT2D eigenvalue weighted by molar-refractivity contribution is -0.126. The van der Waals surface area contributed by atoms with Crippen LogP contribution in [0.25, 0.3) is 21.6 Å². The maximum absolute atomic E-state index is 13.5. The highest BCUT2D eigenvalue weighted by Gasteiger charge is 2.57. The molecule has 1 spiro atoms. The number of aromatic nitrogens is 4. The molecule has 0 radical (unpaired) electrons. The monoisotopic (exact) mass is 565 g/mol. The molecule has 2 saturated carbocycles.